The van der Waals surface area contributed by atoms with Gasteiger partial charge in [-0.1, -0.05) is 6.07 Å². The summed E-state index contributed by atoms with van der Waals surface area (Å²) in [5.74, 6) is -0.327. The van der Waals surface area contributed by atoms with Gasteiger partial charge in [-0.3, -0.25) is 4.79 Å². The number of nitrogens with one attached hydrogen (secondary N) is 1. The van der Waals surface area contributed by atoms with Crippen molar-refractivity contribution in [3.05, 3.63) is 29.3 Å². The molecule has 1 heterocycles. The largest absolute Gasteiger partial charge is 0.338 e. The number of sulfonamides is 1. The second-order valence-corrected chi connectivity index (χ2v) is 10.8. The number of carbonyl (C=O) groups excluding carboxylic acids is 1. The summed E-state index contributed by atoms with van der Waals surface area (Å²) >= 11 is 0. The average Bonchev–Trinajstić information content (AvgIpc) is 3.25. The molecule has 138 valence electrons. The maximum atomic E-state index is 12.8. The van der Waals surface area contributed by atoms with Gasteiger partial charge >= 0.3 is 0 Å². The van der Waals surface area contributed by atoms with Crippen LogP contribution in [0.5, 0.6) is 0 Å². The van der Waals surface area contributed by atoms with Gasteiger partial charge in [-0.05, 0) is 43.9 Å². The number of rotatable bonds is 5. The zero-order valence-corrected chi connectivity index (χ0v) is 15.9. The summed E-state index contributed by atoms with van der Waals surface area (Å²) in [6.07, 6.45) is 2.07. The molecule has 2 aliphatic rings. The number of benzene rings is 1. The number of hydrogen-bond acceptors (Lipinski definition) is 5. The standard InChI is InChI=1S/C16H22N2O5S2/c1-11-3-6-14(25(22,23)17-12-4-5-12)9-15(11)16(19)18(2)13-7-8-24(20,21)10-13/h3,6,9,12-13,17H,4-5,7-8,10H2,1-2H3/t13-/m1/s1. The highest BCUT2D eigenvalue weighted by molar-refractivity contribution is 7.91. The van der Waals surface area contributed by atoms with Crippen LogP contribution in [0.2, 0.25) is 0 Å². The molecule has 1 aromatic carbocycles. The van der Waals surface area contributed by atoms with Crippen LogP contribution in [0.15, 0.2) is 23.1 Å². The lowest BCUT2D eigenvalue weighted by molar-refractivity contribution is 0.0746. The van der Waals surface area contributed by atoms with Gasteiger partial charge < -0.3 is 4.90 Å². The third-order valence-electron chi connectivity index (χ3n) is 4.73. The van der Waals surface area contributed by atoms with Crippen LogP contribution in [0.4, 0.5) is 0 Å². The van der Waals surface area contributed by atoms with Crippen LogP contribution in [0, 0.1) is 6.92 Å². The third kappa shape index (κ3) is 4.04. The molecular weight excluding hydrogens is 364 g/mol. The first-order chi connectivity index (χ1) is 11.6. The van der Waals surface area contributed by atoms with Crippen molar-refractivity contribution < 1.29 is 21.6 Å². The van der Waals surface area contributed by atoms with Crippen LogP contribution in [-0.4, -0.2) is 58.3 Å². The van der Waals surface area contributed by atoms with Crippen LogP contribution in [-0.2, 0) is 19.9 Å². The molecule has 9 heteroatoms. The monoisotopic (exact) mass is 386 g/mol. The molecule has 1 aliphatic carbocycles. The van der Waals surface area contributed by atoms with E-state index in [0.29, 0.717) is 12.0 Å². The predicted molar refractivity (Wildman–Crippen MR) is 93.7 cm³/mol. The van der Waals surface area contributed by atoms with E-state index in [-0.39, 0.29) is 40.0 Å². The van der Waals surface area contributed by atoms with E-state index in [2.05, 4.69) is 4.72 Å². The maximum absolute atomic E-state index is 12.8. The molecule has 0 unspecified atom stereocenters. The minimum atomic E-state index is -3.65. The zero-order valence-electron chi connectivity index (χ0n) is 14.2. The average molecular weight is 386 g/mol. The number of aryl methyl sites for hydroxylation is 1. The number of nitrogens with zero attached hydrogens (tertiary/aromatic N) is 1. The molecule has 0 radical (unpaired) electrons. The van der Waals surface area contributed by atoms with Gasteiger partial charge in [0.2, 0.25) is 10.0 Å². The minimum Gasteiger partial charge on any atom is -0.338 e. The van der Waals surface area contributed by atoms with Crippen molar-refractivity contribution in [2.45, 2.75) is 43.2 Å². The lowest BCUT2D eigenvalue weighted by Gasteiger charge is -2.24. The maximum Gasteiger partial charge on any atom is 0.254 e. The van der Waals surface area contributed by atoms with Crippen molar-refractivity contribution in [2.75, 3.05) is 18.6 Å². The Labute approximate surface area is 148 Å². The Morgan fingerprint density at radius 2 is 1.92 bits per heavy atom. The normalized spacial score (nSPS) is 22.7. The number of carbonyl (C=O) groups is 1. The van der Waals surface area contributed by atoms with Crippen LogP contribution in [0.25, 0.3) is 0 Å². The summed E-state index contributed by atoms with van der Waals surface area (Å²) in [6, 6.07) is 4.08. The molecule has 7 nitrogen and oxygen atoms in total. The second-order valence-electron chi connectivity index (χ2n) is 6.85. The Kier molecular flexibility index (Phi) is 4.67. The van der Waals surface area contributed by atoms with E-state index in [1.165, 1.54) is 17.0 Å². The summed E-state index contributed by atoms with van der Waals surface area (Å²) in [5, 5.41) is 0. The van der Waals surface area contributed by atoms with Gasteiger partial charge in [0.05, 0.1) is 16.4 Å². The molecule has 1 atom stereocenters. The number of hydrogen-bond donors (Lipinski definition) is 1. The van der Waals surface area contributed by atoms with Gasteiger partial charge in [0.25, 0.3) is 5.91 Å². The Hall–Kier alpha value is -1.45. The van der Waals surface area contributed by atoms with E-state index in [9.17, 15) is 21.6 Å². The van der Waals surface area contributed by atoms with Gasteiger partial charge in [0, 0.05) is 24.7 Å². The first kappa shape index (κ1) is 18.3. The van der Waals surface area contributed by atoms with E-state index in [1.807, 2.05) is 0 Å². The zero-order chi connectivity index (χ0) is 18.4. The molecule has 2 fully saturated rings. The second kappa shape index (κ2) is 6.37. The number of sulfone groups is 1. The summed E-state index contributed by atoms with van der Waals surface area (Å²) in [6.45, 7) is 1.73. The highest BCUT2D eigenvalue weighted by atomic mass is 32.2. The summed E-state index contributed by atoms with van der Waals surface area (Å²) in [5.41, 5.74) is 0.938. The summed E-state index contributed by atoms with van der Waals surface area (Å²) < 4.78 is 50.6. The van der Waals surface area contributed by atoms with Gasteiger partial charge in [-0.15, -0.1) is 0 Å². The first-order valence-corrected chi connectivity index (χ1v) is 11.5. The van der Waals surface area contributed by atoms with Crippen molar-refractivity contribution in [3.8, 4) is 0 Å². The highest BCUT2D eigenvalue weighted by Gasteiger charge is 2.34. The van der Waals surface area contributed by atoms with Crippen molar-refractivity contribution in [3.63, 3.8) is 0 Å². The molecule has 1 saturated carbocycles. The van der Waals surface area contributed by atoms with E-state index in [4.69, 9.17) is 0 Å². The van der Waals surface area contributed by atoms with Crippen LogP contribution in [0.1, 0.15) is 35.2 Å². The van der Waals surface area contributed by atoms with Crippen LogP contribution in [0.3, 0.4) is 0 Å². The van der Waals surface area contributed by atoms with E-state index >= 15 is 0 Å². The summed E-state index contributed by atoms with van der Waals surface area (Å²) in [7, 11) is -5.19. The molecule has 1 amide bonds. The SMILES string of the molecule is Cc1ccc(S(=O)(=O)NC2CC2)cc1C(=O)N(C)[C@@H]1CCS(=O)(=O)C1. The molecule has 25 heavy (non-hydrogen) atoms. The Morgan fingerprint density at radius 3 is 2.48 bits per heavy atom. The lowest BCUT2D eigenvalue weighted by Crippen LogP contribution is -2.38. The topological polar surface area (TPSA) is 101 Å². The molecule has 1 saturated heterocycles. The predicted octanol–water partition coefficient (Wildman–Crippen LogP) is 0.695. The van der Waals surface area contributed by atoms with Gasteiger partial charge in [-0.2, -0.15) is 0 Å². The molecule has 1 aromatic rings. The van der Waals surface area contributed by atoms with Crippen molar-refractivity contribution in [1.82, 2.24) is 9.62 Å². The number of amides is 1. The van der Waals surface area contributed by atoms with E-state index in [0.717, 1.165) is 12.8 Å². The quantitative estimate of drug-likeness (QED) is 0.803. The molecule has 1 aliphatic heterocycles. The van der Waals surface area contributed by atoms with Crippen LogP contribution < -0.4 is 4.72 Å². The van der Waals surface area contributed by atoms with Gasteiger partial charge in [0.15, 0.2) is 9.84 Å². The Balaban J connectivity index is 1.86. The first-order valence-electron chi connectivity index (χ1n) is 8.20. The molecule has 3 rings (SSSR count). The van der Waals surface area contributed by atoms with E-state index < -0.39 is 19.9 Å². The van der Waals surface area contributed by atoms with Crippen LogP contribution >= 0.6 is 0 Å². The fourth-order valence-electron chi connectivity index (χ4n) is 2.92. The smallest absolute Gasteiger partial charge is 0.254 e. The Morgan fingerprint density at radius 1 is 1.24 bits per heavy atom. The summed E-state index contributed by atoms with van der Waals surface area (Å²) in [4.78, 5) is 14.3. The van der Waals surface area contributed by atoms with Gasteiger partial charge in [-0.25, -0.2) is 21.6 Å². The highest BCUT2D eigenvalue weighted by Crippen LogP contribution is 2.25. The Bertz CT molecular complexity index is 904. The van der Waals surface area contributed by atoms with Crippen molar-refractivity contribution in [2.24, 2.45) is 0 Å². The molecule has 0 spiro atoms. The van der Waals surface area contributed by atoms with Gasteiger partial charge in [0.1, 0.15) is 0 Å². The lowest BCUT2D eigenvalue weighted by atomic mass is 10.1. The van der Waals surface area contributed by atoms with Crippen molar-refractivity contribution in [1.29, 1.82) is 0 Å². The third-order valence-corrected chi connectivity index (χ3v) is 7.99. The fraction of sp³-hybridized carbons (Fsp3) is 0.562. The fourth-order valence-corrected chi connectivity index (χ4v) is 6.03. The van der Waals surface area contributed by atoms with Crippen molar-refractivity contribution >= 4 is 25.8 Å². The minimum absolute atomic E-state index is 0.0168. The molecule has 0 bridgehead atoms. The molecular formula is C16H22N2O5S2. The molecule has 1 N–H and O–H groups in total. The molecule has 0 aromatic heterocycles. The van der Waals surface area contributed by atoms with E-state index in [1.54, 1.807) is 20.0 Å².